The first-order chi connectivity index (χ1) is 11.1. The Kier molecular flexibility index (Phi) is 5.45. The summed E-state index contributed by atoms with van der Waals surface area (Å²) in [6, 6.07) is 4.80. The fourth-order valence-electron chi connectivity index (χ4n) is 2.44. The zero-order chi connectivity index (χ0) is 18.1. The Balaban J connectivity index is 2.42. The average Bonchev–Trinajstić information content (AvgIpc) is 2.68. The maximum absolute atomic E-state index is 11.5. The molecule has 2 N–H and O–H groups in total. The summed E-state index contributed by atoms with van der Waals surface area (Å²) < 4.78 is 12.1. The molecule has 0 bridgehead atoms. The minimum atomic E-state index is -1.03. The Morgan fingerprint density at radius 1 is 1.29 bits per heavy atom. The molecule has 1 heterocycles. The fourth-order valence-corrected chi connectivity index (χ4v) is 2.61. The summed E-state index contributed by atoms with van der Waals surface area (Å²) in [5.41, 5.74) is 0.612. The first kappa shape index (κ1) is 19.0. The second-order valence-corrected chi connectivity index (χ2v) is 7.31. The number of benzene rings is 1. The van der Waals surface area contributed by atoms with Crippen LogP contribution in [0.3, 0.4) is 0 Å². The van der Waals surface area contributed by atoms with Gasteiger partial charge in [0, 0.05) is 11.6 Å². The zero-order valence-electron chi connectivity index (χ0n) is 14.6. The highest BCUT2D eigenvalue weighted by molar-refractivity contribution is 6.56. The first-order valence-corrected chi connectivity index (χ1v) is 8.19. The number of carboxylic acids is 1. The van der Waals surface area contributed by atoms with Gasteiger partial charge in [-0.25, -0.2) is 4.79 Å². The van der Waals surface area contributed by atoms with Crippen molar-refractivity contribution in [1.29, 1.82) is 0 Å². The van der Waals surface area contributed by atoms with Crippen LogP contribution in [0.5, 0.6) is 0 Å². The number of likely N-dealkylation sites (N-methyl/N-ethyl adjacent to an activating group) is 1. The third kappa shape index (κ3) is 3.83. The maximum atomic E-state index is 11.5. The molecule has 130 valence electrons. The summed E-state index contributed by atoms with van der Waals surface area (Å²) in [5, 5.41) is 12.9. The molecule has 0 unspecified atom stereocenters. The summed E-state index contributed by atoms with van der Waals surface area (Å²) in [6.45, 7) is 8.44. The van der Waals surface area contributed by atoms with Crippen LogP contribution >= 0.6 is 11.6 Å². The third-order valence-corrected chi connectivity index (χ3v) is 4.76. The van der Waals surface area contributed by atoms with Crippen molar-refractivity contribution < 1.29 is 19.2 Å². The average molecular weight is 352 g/mol. The second-order valence-electron chi connectivity index (χ2n) is 6.87. The quantitative estimate of drug-likeness (QED) is 0.797. The minimum Gasteiger partial charge on any atom is -0.478 e. The summed E-state index contributed by atoms with van der Waals surface area (Å²) in [5.74, 6) is -1.03. The smallest absolute Gasteiger partial charge is 0.478 e. The van der Waals surface area contributed by atoms with Gasteiger partial charge in [0.15, 0.2) is 0 Å². The van der Waals surface area contributed by atoms with Crippen LogP contribution in [0.25, 0.3) is 6.08 Å². The molecule has 1 aromatic rings. The highest BCUT2D eigenvalue weighted by Crippen LogP contribution is 2.38. The van der Waals surface area contributed by atoms with Gasteiger partial charge in [-0.3, -0.25) is 0 Å². The molecule has 0 atom stereocenters. The van der Waals surface area contributed by atoms with E-state index in [9.17, 15) is 9.90 Å². The van der Waals surface area contributed by atoms with Crippen LogP contribution in [-0.4, -0.2) is 43.0 Å². The van der Waals surface area contributed by atoms with Crippen molar-refractivity contribution in [3.05, 3.63) is 39.8 Å². The molecule has 7 heteroatoms. The lowest BCUT2D eigenvalue weighted by Gasteiger charge is -2.32. The molecule has 0 aromatic heterocycles. The molecular formula is C17H23BClNO4. The number of carboxylic acid groups (broad SMARTS) is 1. The van der Waals surface area contributed by atoms with E-state index in [0.717, 1.165) is 5.47 Å². The van der Waals surface area contributed by atoms with E-state index in [1.165, 1.54) is 6.07 Å². The summed E-state index contributed by atoms with van der Waals surface area (Å²) in [6.07, 6.45) is 1.79. The van der Waals surface area contributed by atoms with Crippen molar-refractivity contribution in [2.24, 2.45) is 0 Å². The van der Waals surface area contributed by atoms with Gasteiger partial charge >= 0.3 is 13.1 Å². The van der Waals surface area contributed by atoms with Crippen LogP contribution < -0.4 is 5.32 Å². The maximum Gasteiger partial charge on any atom is 0.491 e. The number of hydrogen-bond acceptors (Lipinski definition) is 4. The lowest BCUT2D eigenvalue weighted by Crippen LogP contribution is -2.41. The SMILES string of the molecule is CNCC(=Cc1ccc(Cl)cc1C(=O)O)B1OC(C)(C)C(C)(C)O1. The molecule has 0 radical (unpaired) electrons. The molecule has 1 aliphatic rings. The summed E-state index contributed by atoms with van der Waals surface area (Å²) >= 11 is 5.91. The van der Waals surface area contributed by atoms with Crippen molar-refractivity contribution in [3.8, 4) is 0 Å². The Labute approximate surface area is 148 Å². The Hall–Kier alpha value is -1.34. The molecule has 1 saturated heterocycles. The number of hydrogen-bond donors (Lipinski definition) is 2. The second kappa shape index (κ2) is 6.88. The predicted molar refractivity (Wildman–Crippen MR) is 96.4 cm³/mol. The lowest BCUT2D eigenvalue weighted by atomic mass is 9.76. The summed E-state index contributed by atoms with van der Waals surface area (Å²) in [7, 11) is 1.28. The van der Waals surface area contributed by atoms with Crippen LogP contribution in [0.1, 0.15) is 43.6 Å². The number of aromatic carboxylic acids is 1. The van der Waals surface area contributed by atoms with Crippen LogP contribution in [0.15, 0.2) is 23.7 Å². The van der Waals surface area contributed by atoms with E-state index < -0.39 is 24.3 Å². The Bertz CT molecular complexity index is 657. The fraction of sp³-hybridized carbons (Fsp3) is 0.471. The van der Waals surface area contributed by atoms with Gasteiger partial charge in [-0.05, 0) is 57.9 Å². The largest absolute Gasteiger partial charge is 0.491 e. The third-order valence-electron chi connectivity index (χ3n) is 4.52. The van der Waals surface area contributed by atoms with Gasteiger partial charge in [0.25, 0.3) is 0 Å². The van der Waals surface area contributed by atoms with Crippen molar-refractivity contribution in [2.45, 2.75) is 38.9 Å². The van der Waals surface area contributed by atoms with Gasteiger partial charge in [-0.1, -0.05) is 23.7 Å². The Morgan fingerprint density at radius 2 is 1.88 bits per heavy atom. The van der Waals surface area contributed by atoms with E-state index >= 15 is 0 Å². The minimum absolute atomic E-state index is 0.146. The molecule has 0 amide bonds. The van der Waals surface area contributed by atoms with Gasteiger partial charge in [0.2, 0.25) is 0 Å². The molecule has 0 saturated carbocycles. The number of halogens is 1. The number of rotatable bonds is 5. The van der Waals surface area contributed by atoms with E-state index in [1.807, 2.05) is 34.7 Å². The van der Waals surface area contributed by atoms with E-state index in [-0.39, 0.29) is 5.56 Å². The van der Waals surface area contributed by atoms with Crippen molar-refractivity contribution in [3.63, 3.8) is 0 Å². The molecule has 24 heavy (non-hydrogen) atoms. The van der Waals surface area contributed by atoms with Gasteiger partial charge in [-0.15, -0.1) is 0 Å². The molecule has 0 aliphatic carbocycles. The lowest BCUT2D eigenvalue weighted by molar-refractivity contribution is 0.00578. The monoisotopic (exact) mass is 351 g/mol. The highest BCUT2D eigenvalue weighted by atomic mass is 35.5. The van der Waals surface area contributed by atoms with E-state index in [0.29, 0.717) is 17.1 Å². The number of carbonyl (C=O) groups is 1. The van der Waals surface area contributed by atoms with Gasteiger partial charge in [0.1, 0.15) is 0 Å². The van der Waals surface area contributed by atoms with Gasteiger partial charge in [-0.2, -0.15) is 0 Å². The van der Waals surface area contributed by atoms with Crippen LogP contribution in [0.4, 0.5) is 0 Å². The molecule has 1 aliphatic heterocycles. The molecule has 1 fully saturated rings. The molecule has 1 aromatic carbocycles. The van der Waals surface area contributed by atoms with Crippen LogP contribution in [-0.2, 0) is 9.31 Å². The molecule has 0 spiro atoms. The van der Waals surface area contributed by atoms with Gasteiger partial charge in [0.05, 0.1) is 16.8 Å². The zero-order valence-corrected chi connectivity index (χ0v) is 15.4. The highest BCUT2D eigenvalue weighted by Gasteiger charge is 2.52. The summed E-state index contributed by atoms with van der Waals surface area (Å²) in [4.78, 5) is 11.5. The van der Waals surface area contributed by atoms with E-state index in [1.54, 1.807) is 18.2 Å². The standard InChI is InChI=1S/C17H23BClNO4/c1-16(2)17(3,4)24-18(23-16)12(10-20-5)8-11-6-7-13(19)9-14(11)15(21)22/h6-9,20H,10H2,1-5H3,(H,21,22). The first-order valence-electron chi connectivity index (χ1n) is 7.81. The van der Waals surface area contributed by atoms with Crippen LogP contribution in [0.2, 0.25) is 5.02 Å². The van der Waals surface area contributed by atoms with Crippen molar-refractivity contribution in [2.75, 3.05) is 13.6 Å². The molecule has 5 nitrogen and oxygen atoms in total. The topological polar surface area (TPSA) is 67.8 Å². The Morgan fingerprint density at radius 3 is 2.38 bits per heavy atom. The number of nitrogens with one attached hydrogen (secondary N) is 1. The van der Waals surface area contributed by atoms with E-state index in [4.69, 9.17) is 20.9 Å². The molecular weight excluding hydrogens is 328 g/mol. The predicted octanol–water partition coefficient (Wildman–Crippen LogP) is 3.27. The molecule has 2 rings (SSSR count). The van der Waals surface area contributed by atoms with Crippen LogP contribution in [0, 0.1) is 0 Å². The van der Waals surface area contributed by atoms with Gasteiger partial charge < -0.3 is 19.7 Å². The van der Waals surface area contributed by atoms with Crippen molar-refractivity contribution >= 4 is 30.8 Å². The normalized spacial score (nSPS) is 19.6. The van der Waals surface area contributed by atoms with E-state index in [2.05, 4.69) is 5.32 Å². The van der Waals surface area contributed by atoms with Crippen molar-refractivity contribution in [1.82, 2.24) is 5.32 Å².